The molecule has 1 aromatic rings. The van der Waals surface area contributed by atoms with Crippen LogP contribution < -0.4 is 16.0 Å². The number of anilines is 3. The molecule has 0 saturated carbocycles. The van der Waals surface area contributed by atoms with E-state index in [0.717, 1.165) is 51.8 Å². The molecule has 2 aliphatic rings. The van der Waals surface area contributed by atoms with Gasteiger partial charge in [-0.25, -0.2) is 0 Å². The Morgan fingerprint density at radius 3 is 2.74 bits per heavy atom. The van der Waals surface area contributed by atoms with Crippen LogP contribution >= 0.6 is 0 Å². The lowest BCUT2D eigenvalue weighted by molar-refractivity contribution is -0.383. The van der Waals surface area contributed by atoms with E-state index in [1.807, 2.05) is 4.90 Å². The fourth-order valence-corrected chi connectivity index (χ4v) is 3.05. The summed E-state index contributed by atoms with van der Waals surface area (Å²) in [6.07, 6.45) is 5.31. The first-order chi connectivity index (χ1) is 11.1. The highest BCUT2D eigenvalue weighted by molar-refractivity contribution is 5.71. The Labute approximate surface area is 134 Å². The van der Waals surface area contributed by atoms with E-state index in [1.54, 1.807) is 0 Å². The molecule has 23 heavy (non-hydrogen) atoms. The van der Waals surface area contributed by atoms with Gasteiger partial charge in [-0.15, -0.1) is 0 Å². The third-order valence-electron chi connectivity index (χ3n) is 4.24. The number of nitrogens with two attached hydrogens (primary N) is 1. The normalized spacial score (nSPS) is 21.4. The average Bonchev–Trinajstić information content (AvgIpc) is 3.06. The second kappa shape index (κ2) is 6.95. The maximum Gasteiger partial charge on any atom is 0.353 e. The van der Waals surface area contributed by atoms with Gasteiger partial charge in [-0.2, -0.15) is 9.97 Å². The number of nitrogen functional groups attached to an aromatic ring is 1. The quantitative estimate of drug-likeness (QED) is 0.619. The van der Waals surface area contributed by atoms with Gasteiger partial charge in [0.15, 0.2) is 0 Å². The highest BCUT2D eigenvalue weighted by atomic mass is 16.6. The van der Waals surface area contributed by atoms with Crippen molar-refractivity contribution in [2.24, 2.45) is 0 Å². The molecule has 0 spiro atoms. The Morgan fingerprint density at radius 2 is 2.09 bits per heavy atom. The standard InChI is InChI=1S/C14H22N6O3/c15-12-11(20(21)22)13(19-6-2-1-3-7-19)18-14(17-12)16-9-10-5-4-8-23-10/h10H,1-9H2,(H3,15,16,17,18)/t10-/m1/s1. The minimum absolute atomic E-state index is 0.0968. The van der Waals surface area contributed by atoms with Crippen LogP contribution in [0.5, 0.6) is 0 Å². The van der Waals surface area contributed by atoms with Crippen LogP contribution in [0, 0.1) is 10.1 Å². The molecule has 0 bridgehead atoms. The maximum absolute atomic E-state index is 11.3. The Kier molecular flexibility index (Phi) is 4.75. The number of nitro groups is 1. The predicted molar refractivity (Wildman–Crippen MR) is 86.6 cm³/mol. The van der Waals surface area contributed by atoms with Crippen molar-refractivity contribution >= 4 is 23.3 Å². The van der Waals surface area contributed by atoms with Crippen molar-refractivity contribution < 1.29 is 9.66 Å². The van der Waals surface area contributed by atoms with E-state index in [0.29, 0.717) is 18.3 Å². The molecule has 2 aliphatic heterocycles. The molecule has 0 aliphatic carbocycles. The second-order valence-corrected chi connectivity index (χ2v) is 5.93. The van der Waals surface area contributed by atoms with Crippen molar-refractivity contribution in [1.29, 1.82) is 0 Å². The lowest BCUT2D eigenvalue weighted by atomic mass is 10.1. The van der Waals surface area contributed by atoms with Crippen molar-refractivity contribution in [3.63, 3.8) is 0 Å². The number of piperidine rings is 1. The predicted octanol–water partition coefficient (Wildman–Crippen LogP) is 1.55. The van der Waals surface area contributed by atoms with Gasteiger partial charge in [0.05, 0.1) is 11.0 Å². The van der Waals surface area contributed by atoms with E-state index in [1.165, 1.54) is 0 Å². The molecule has 0 radical (unpaired) electrons. The average molecular weight is 322 g/mol. The molecule has 3 N–H and O–H groups in total. The lowest BCUT2D eigenvalue weighted by Gasteiger charge is -2.27. The first-order valence-electron chi connectivity index (χ1n) is 8.07. The van der Waals surface area contributed by atoms with Crippen LogP contribution in [0.3, 0.4) is 0 Å². The molecular formula is C14H22N6O3. The number of rotatable bonds is 5. The molecule has 2 saturated heterocycles. The summed E-state index contributed by atoms with van der Waals surface area (Å²) in [5.74, 6) is 0.543. The number of nitrogens with one attached hydrogen (secondary N) is 1. The van der Waals surface area contributed by atoms with Crippen LogP contribution in [-0.4, -0.2) is 47.2 Å². The van der Waals surface area contributed by atoms with Gasteiger partial charge in [0.2, 0.25) is 17.6 Å². The Bertz CT molecular complexity index is 570. The highest BCUT2D eigenvalue weighted by Crippen LogP contribution is 2.33. The number of hydrogen-bond donors (Lipinski definition) is 2. The molecule has 1 aromatic heterocycles. The van der Waals surface area contributed by atoms with Gasteiger partial charge in [-0.1, -0.05) is 0 Å². The van der Waals surface area contributed by atoms with Crippen LogP contribution in [-0.2, 0) is 4.74 Å². The number of aromatic nitrogens is 2. The van der Waals surface area contributed by atoms with E-state index >= 15 is 0 Å². The third kappa shape index (κ3) is 3.61. The van der Waals surface area contributed by atoms with Gasteiger partial charge < -0.3 is 20.7 Å². The summed E-state index contributed by atoms with van der Waals surface area (Å²) in [4.78, 5) is 21.2. The zero-order chi connectivity index (χ0) is 16.2. The van der Waals surface area contributed by atoms with E-state index in [9.17, 15) is 10.1 Å². The van der Waals surface area contributed by atoms with Gasteiger partial charge >= 0.3 is 5.69 Å². The molecule has 1 atom stereocenters. The summed E-state index contributed by atoms with van der Waals surface area (Å²) in [6.45, 7) is 2.86. The van der Waals surface area contributed by atoms with E-state index in [2.05, 4.69) is 15.3 Å². The van der Waals surface area contributed by atoms with Crippen molar-refractivity contribution in [1.82, 2.24) is 9.97 Å². The lowest BCUT2D eigenvalue weighted by Crippen LogP contribution is -2.31. The molecule has 3 heterocycles. The van der Waals surface area contributed by atoms with E-state index in [4.69, 9.17) is 10.5 Å². The van der Waals surface area contributed by atoms with Crippen LogP contribution in [0.1, 0.15) is 32.1 Å². The highest BCUT2D eigenvalue weighted by Gasteiger charge is 2.28. The molecule has 0 aromatic carbocycles. The molecule has 3 rings (SSSR count). The number of nitrogens with zero attached hydrogens (tertiary/aromatic N) is 4. The largest absolute Gasteiger partial charge is 0.378 e. The van der Waals surface area contributed by atoms with E-state index in [-0.39, 0.29) is 17.6 Å². The van der Waals surface area contributed by atoms with Crippen LogP contribution in [0.15, 0.2) is 0 Å². The summed E-state index contributed by atoms with van der Waals surface area (Å²) in [7, 11) is 0. The van der Waals surface area contributed by atoms with Gasteiger partial charge in [0, 0.05) is 26.2 Å². The van der Waals surface area contributed by atoms with Crippen molar-refractivity contribution in [3.8, 4) is 0 Å². The zero-order valence-electron chi connectivity index (χ0n) is 13.0. The molecule has 126 valence electrons. The maximum atomic E-state index is 11.3. The van der Waals surface area contributed by atoms with Crippen LogP contribution in [0.25, 0.3) is 0 Å². The summed E-state index contributed by atoms with van der Waals surface area (Å²) >= 11 is 0. The fraction of sp³-hybridized carbons (Fsp3) is 0.714. The van der Waals surface area contributed by atoms with E-state index < -0.39 is 4.92 Å². The molecule has 9 nitrogen and oxygen atoms in total. The summed E-state index contributed by atoms with van der Waals surface area (Å²) < 4.78 is 5.55. The van der Waals surface area contributed by atoms with Gasteiger partial charge in [-0.05, 0) is 32.1 Å². The smallest absolute Gasteiger partial charge is 0.353 e. The van der Waals surface area contributed by atoms with Gasteiger partial charge in [-0.3, -0.25) is 10.1 Å². The minimum atomic E-state index is -0.497. The summed E-state index contributed by atoms with van der Waals surface area (Å²) in [5, 5.41) is 14.4. The Hall–Kier alpha value is -2.16. The second-order valence-electron chi connectivity index (χ2n) is 5.93. The molecular weight excluding hydrogens is 300 g/mol. The van der Waals surface area contributed by atoms with Crippen molar-refractivity contribution in [3.05, 3.63) is 10.1 Å². The monoisotopic (exact) mass is 322 g/mol. The number of ether oxygens (including phenoxy) is 1. The third-order valence-corrected chi connectivity index (χ3v) is 4.24. The van der Waals surface area contributed by atoms with Gasteiger partial charge in [0.1, 0.15) is 0 Å². The SMILES string of the molecule is Nc1nc(NC[C@H]2CCCO2)nc(N2CCCCC2)c1[N+](=O)[O-]. The molecule has 0 amide bonds. The minimum Gasteiger partial charge on any atom is -0.378 e. The van der Waals surface area contributed by atoms with Crippen molar-refractivity contribution in [2.45, 2.75) is 38.2 Å². The van der Waals surface area contributed by atoms with Crippen molar-refractivity contribution in [2.75, 3.05) is 42.2 Å². The molecule has 2 fully saturated rings. The topological polar surface area (TPSA) is 119 Å². The van der Waals surface area contributed by atoms with Crippen LogP contribution in [0.4, 0.5) is 23.3 Å². The Morgan fingerprint density at radius 1 is 1.30 bits per heavy atom. The molecule has 9 heteroatoms. The molecule has 0 unspecified atom stereocenters. The van der Waals surface area contributed by atoms with Gasteiger partial charge in [0.25, 0.3) is 0 Å². The Balaban J connectivity index is 1.82. The van der Waals surface area contributed by atoms with Crippen LogP contribution in [0.2, 0.25) is 0 Å². The summed E-state index contributed by atoms with van der Waals surface area (Å²) in [5.41, 5.74) is 5.62. The number of hydrogen-bond acceptors (Lipinski definition) is 8. The first kappa shape index (κ1) is 15.7. The summed E-state index contributed by atoms with van der Waals surface area (Å²) in [6, 6.07) is 0. The fourth-order valence-electron chi connectivity index (χ4n) is 3.05. The first-order valence-corrected chi connectivity index (χ1v) is 8.07. The zero-order valence-corrected chi connectivity index (χ0v) is 13.0.